The highest BCUT2D eigenvalue weighted by Crippen LogP contribution is 2.17. The number of aliphatic hydroxyl groups is 1. The van der Waals surface area contributed by atoms with Gasteiger partial charge in [0.15, 0.2) is 0 Å². The number of aliphatic hydroxyl groups excluding tert-OH is 1. The fraction of sp³-hybridized carbons (Fsp3) is 0.286. The minimum atomic E-state index is -0.311. The summed E-state index contributed by atoms with van der Waals surface area (Å²) in [4.78, 5) is 11.7. The van der Waals surface area contributed by atoms with Gasteiger partial charge in [-0.2, -0.15) is 5.10 Å². The fourth-order valence-corrected chi connectivity index (χ4v) is 1.83. The topological polar surface area (TPSA) is 79.2 Å². The van der Waals surface area contributed by atoms with Gasteiger partial charge in [-0.05, 0) is 25.0 Å². The Labute approximate surface area is 117 Å². The Morgan fingerprint density at radius 2 is 2.15 bits per heavy atom. The number of aryl methyl sites for hydroxylation is 1. The summed E-state index contributed by atoms with van der Waals surface area (Å²) < 4.78 is 1.68. The van der Waals surface area contributed by atoms with Crippen molar-refractivity contribution >= 4 is 11.8 Å². The predicted molar refractivity (Wildman–Crippen MR) is 77.0 cm³/mol. The molecule has 0 unspecified atom stereocenters. The van der Waals surface area contributed by atoms with Gasteiger partial charge in [0.2, 0.25) is 0 Å². The van der Waals surface area contributed by atoms with Crippen LogP contribution in [0.4, 0.5) is 10.6 Å². The molecule has 0 radical (unpaired) electrons. The van der Waals surface area contributed by atoms with Crippen LogP contribution in [0.15, 0.2) is 36.5 Å². The third-order valence-corrected chi connectivity index (χ3v) is 2.85. The van der Waals surface area contributed by atoms with Crippen molar-refractivity contribution in [2.75, 3.05) is 18.5 Å². The molecule has 2 amide bonds. The Bertz CT molecular complexity index is 580. The molecule has 0 aliphatic carbocycles. The molecule has 6 heteroatoms. The third-order valence-electron chi connectivity index (χ3n) is 2.85. The highest BCUT2D eigenvalue weighted by atomic mass is 16.3. The molecule has 0 saturated heterocycles. The molecule has 0 bridgehead atoms. The summed E-state index contributed by atoms with van der Waals surface area (Å²) in [5, 5.41) is 18.3. The van der Waals surface area contributed by atoms with Gasteiger partial charge < -0.3 is 10.4 Å². The number of urea groups is 1. The minimum absolute atomic E-state index is 0.0570. The summed E-state index contributed by atoms with van der Waals surface area (Å²) in [5.74, 6) is 0.598. The van der Waals surface area contributed by atoms with Crippen molar-refractivity contribution in [1.29, 1.82) is 0 Å². The Morgan fingerprint density at radius 3 is 2.90 bits per heavy atom. The van der Waals surface area contributed by atoms with Gasteiger partial charge >= 0.3 is 6.03 Å². The number of carbonyl (C=O) groups excluding carboxylic acids is 1. The normalized spacial score (nSPS) is 10.3. The molecule has 1 aromatic heterocycles. The SMILES string of the molecule is Cc1ccccc1-n1nccc1NC(=O)NCCCO. The van der Waals surface area contributed by atoms with E-state index >= 15 is 0 Å². The number of carbonyl (C=O) groups is 1. The molecule has 0 saturated carbocycles. The van der Waals surface area contributed by atoms with E-state index in [2.05, 4.69) is 15.7 Å². The van der Waals surface area contributed by atoms with Crippen LogP contribution in [-0.4, -0.2) is 34.1 Å². The van der Waals surface area contributed by atoms with E-state index in [1.165, 1.54) is 0 Å². The highest BCUT2D eigenvalue weighted by Gasteiger charge is 2.09. The predicted octanol–water partition coefficient (Wildman–Crippen LogP) is 1.68. The van der Waals surface area contributed by atoms with Crippen LogP contribution >= 0.6 is 0 Å². The Kier molecular flexibility index (Phi) is 4.73. The van der Waals surface area contributed by atoms with E-state index in [9.17, 15) is 4.79 Å². The maximum Gasteiger partial charge on any atom is 0.320 e. The lowest BCUT2D eigenvalue weighted by atomic mass is 10.2. The second-order valence-corrected chi connectivity index (χ2v) is 4.37. The fourth-order valence-electron chi connectivity index (χ4n) is 1.83. The monoisotopic (exact) mass is 274 g/mol. The van der Waals surface area contributed by atoms with Crippen LogP contribution in [0.2, 0.25) is 0 Å². The maximum absolute atomic E-state index is 11.7. The summed E-state index contributed by atoms with van der Waals surface area (Å²) in [7, 11) is 0. The van der Waals surface area contributed by atoms with Crippen LogP contribution < -0.4 is 10.6 Å². The molecule has 2 rings (SSSR count). The molecule has 20 heavy (non-hydrogen) atoms. The third kappa shape index (κ3) is 3.36. The summed E-state index contributed by atoms with van der Waals surface area (Å²) in [6.07, 6.45) is 2.17. The van der Waals surface area contributed by atoms with Crippen molar-refractivity contribution in [2.24, 2.45) is 0 Å². The van der Waals surface area contributed by atoms with Crippen LogP contribution in [-0.2, 0) is 0 Å². The van der Waals surface area contributed by atoms with Gasteiger partial charge in [0.1, 0.15) is 5.82 Å². The number of nitrogens with one attached hydrogen (secondary N) is 2. The average molecular weight is 274 g/mol. The molecule has 6 nitrogen and oxygen atoms in total. The summed E-state index contributed by atoms with van der Waals surface area (Å²) in [6, 6.07) is 9.23. The molecular weight excluding hydrogens is 256 g/mol. The number of anilines is 1. The molecule has 0 aliphatic rings. The van der Waals surface area contributed by atoms with Crippen molar-refractivity contribution in [2.45, 2.75) is 13.3 Å². The van der Waals surface area contributed by atoms with E-state index in [1.54, 1.807) is 16.9 Å². The molecule has 1 heterocycles. The first-order chi connectivity index (χ1) is 9.72. The van der Waals surface area contributed by atoms with E-state index in [0.29, 0.717) is 18.8 Å². The number of benzene rings is 1. The smallest absolute Gasteiger partial charge is 0.320 e. The molecule has 0 fully saturated rings. The lowest BCUT2D eigenvalue weighted by molar-refractivity contribution is 0.248. The first-order valence-electron chi connectivity index (χ1n) is 6.48. The van der Waals surface area contributed by atoms with Crippen molar-refractivity contribution < 1.29 is 9.90 Å². The molecule has 0 atom stereocenters. The number of rotatable bonds is 5. The van der Waals surface area contributed by atoms with Crippen LogP contribution in [0.5, 0.6) is 0 Å². The number of amides is 2. The van der Waals surface area contributed by atoms with E-state index in [4.69, 9.17) is 5.11 Å². The summed E-state index contributed by atoms with van der Waals surface area (Å²) in [5.41, 5.74) is 1.99. The van der Waals surface area contributed by atoms with Crippen molar-refractivity contribution in [1.82, 2.24) is 15.1 Å². The second kappa shape index (κ2) is 6.72. The average Bonchev–Trinajstić information content (AvgIpc) is 2.87. The van der Waals surface area contributed by atoms with Gasteiger partial charge in [-0.15, -0.1) is 0 Å². The first-order valence-corrected chi connectivity index (χ1v) is 6.48. The second-order valence-electron chi connectivity index (χ2n) is 4.37. The van der Waals surface area contributed by atoms with E-state index in [-0.39, 0.29) is 12.6 Å². The van der Waals surface area contributed by atoms with Gasteiger partial charge in [0.05, 0.1) is 11.9 Å². The van der Waals surface area contributed by atoms with Gasteiger partial charge in [-0.25, -0.2) is 9.48 Å². The van der Waals surface area contributed by atoms with Gasteiger partial charge in [-0.1, -0.05) is 18.2 Å². The standard InChI is InChI=1S/C14H18N4O2/c1-11-5-2-3-6-12(11)18-13(7-9-16-18)17-14(20)15-8-4-10-19/h2-3,5-7,9,19H,4,8,10H2,1H3,(H2,15,17,20). The zero-order chi connectivity index (χ0) is 14.4. The number of nitrogens with zero attached hydrogens (tertiary/aromatic N) is 2. The molecule has 0 spiro atoms. The molecule has 1 aromatic carbocycles. The van der Waals surface area contributed by atoms with Crippen LogP contribution in [0, 0.1) is 6.92 Å². The van der Waals surface area contributed by atoms with Gasteiger partial charge in [0.25, 0.3) is 0 Å². The molecular formula is C14H18N4O2. The quantitative estimate of drug-likeness (QED) is 0.726. The van der Waals surface area contributed by atoms with Crippen LogP contribution in [0.1, 0.15) is 12.0 Å². The molecule has 106 valence electrons. The van der Waals surface area contributed by atoms with Crippen molar-refractivity contribution in [3.8, 4) is 5.69 Å². The summed E-state index contributed by atoms with van der Waals surface area (Å²) in [6.45, 7) is 2.48. The molecule has 3 N–H and O–H groups in total. The Morgan fingerprint density at radius 1 is 1.35 bits per heavy atom. The van der Waals surface area contributed by atoms with Crippen LogP contribution in [0.25, 0.3) is 5.69 Å². The number of hydrogen-bond acceptors (Lipinski definition) is 3. The lowest BCUT2D eigenvalue weighted by Crippen LogP contribution is -2.30. The van der Waals surface area contributed by atoms with E-state index in [0.717, 1.165) is 11.3 Å². The Balaban J connectivity index is 2.10. The van der Waals surface area contributed by atoms with Crippen molar-refractivity contribution in [3.63, 3.8) is 0 Å². The lowest BCUT2D eigenvalue weighted by Gasteiger charge is -2.11. The van der Waals surface area contributed by atoms with Crippen molar-refractivity contribution in [3.05, 3.63) is 42.1 Å². The van der Waals surface area contributed by atoms with E-state index < -0.39 is 0 Å². The number of para-hydroxylation sites is 1. The molecule has 0 aliphatic heterocycles. The maximum atomic E-state index is 11.7. The van der Waals surface area contributed by atoms with E-state index in [1.807, 2.05) is 31.2 Å². The van der Waals surface area contributed by atoms with Gasteiger partial charge in [0, 0.05) is 19.2 Å². The van der Waals surface area contributed by atoms with Crippen LogP contribution in [0.3, 0.4) is 0 Å². The largest absolute Gasteiger partial charge is 0.396 e. The number of aromatic nitrogens is 2. The van der Waals surface area contributed by atoms with Gasteiger partial charge in [-0.3, -0.25) is 5.32 Å². The first kappa shape index (κ1) is 14.1. The minimum Gasteiger partial charge on any atom is -0.396 e. The summed E-state index contributed by atoms with van der Waals surface area (Å²) >= 11 is 0. The zero-order valence-electron chi connectivity index (χ0n) is 11.3. The zero-order valence-corrected chi connectivity index (χ0v) is 11.3. The Hall–Kier alpha value is -2.34. The number of hydrogen-bond donors (Lipinski definition) is 3. The molecule has 2 aromatic rings. The highest BCUT2D eigenvalue weighted by molar-refractivity contribution is 5.88.